The number of halogens is 1. The maximum absolute atomic E-state index is 8.48. The summed E-state index contributed by atoms with van der Waals surface area (Å²) in [4.78, 5) is 9.04. The van der Waals surface area contributed by atoms with E-state index in [1.54, 1.807) is 0 Å². The largest absolute Gasteiger partial charge is 0.357 e. The second-order valence-corrected chi connectivity index (χ2v) is 7.97. The highest BCUT2D eigenvalue weighted by molar-refractivity contribution is 5.97. The lowest BCUT2D eigenvalue weighted by molar-refractivity contribution is 0.517. The smallest absolute Gasteiger partial charge is 0.137 e. The molecule has 0 bridgehead atoms. The van der Waals surface area contributed by atoms with Crippen LogP contribution in [0.1, 0.15) is 36.8 Å². The first-order valence-corrected chi connectivity index (χ1v) is 10.5. The molecule has 3 aromatic rings. The van der Waals surface area contributed by atoms with Crippen molar-refractivity contribution in [1.82, 2.24) is 19.2 Å². The number of aromatic nitrogens is 2. The Balaban J connectivity index is 0.00000218. The van der Waals surface area contributed by atoms with Gasteiger partial charge in [0, 0.05) is 55.3 Å². The molecule has 2 saturated heterocycles. The normalized spacial score (nSPS) is 16.1. The second kappa shape index (κ2) is 8.48. The van der Waals surface area contributed by atoms with Crippen LogP contribution in [0.2, 0.25) is 0 Å². The lowest BCUT2D eigenvalue weighted by Crippen LogP contribution is -2.27. The zero-order chi connectivity index (χ0) is 19.8. The highest BCUT2D eigenvalue weighted by Gasteiger charge is 2.18. The molecule has 7 heteroatoms. The second-order valence-electron chi connectivity index (χ2n) is 7.97. The topological polar surface area (TPSA) is 71.5 Å². The number of amidine groups is 2. The number of hydrogen-bond acceptors (Lipinski definition) is 3. The number of nitrogens with one attached hydrogen (secondary N) is 2. The van der Waals surface area contributed by atoms with Crippen molar-refractivity contribution < 1.29 is 0 Å². The van der Waals surface area contributed by atoms with E-state index < -0.39 is 0 Å². The van der Waals surface area contributed by atoms with E-state index >= 15 is 0 Å². The molecule has 1 aromatic carbocycles. The zero-order valence-corrected chi connectivity index (χ0v) is 17.8. The quantitative estimate of drug-likeness (QED) is 0.489. The van der Waals surface area contributed by atoms with Gasteiger partial charge in [-0.2, -0.15) is 0 Å². The van der Waals surface area contributed by atoms with Crippen LogP contribution in [0.3, 0.4) is 0 Å². The van der Waals surface area contributed by atoms with E-state index in [2.05, 4.69) is 21.9 Å². The highest BCUT2D eigenvalue weighted by Crippen LogP contribution is 2.22. The Bertz CT molecular complexity index is 1060. The van der Waals surface area contributed by atoms with Crippen LogP contribution in [0.4, 0.5) is 0 Å². The first-order chi connectivity index (χ1) is 14.2. The first kappa shape index (κ1) is 20.4. The van der Waals surface area contributed by atoms with Gasteiger partial charge < -0.3 is 14.2 Å². The molecule has 6 nitrogen and oxygen atoms in total. The number of likely N-dealkylation sites (tertiary alicyclic amines) is 2. The fraction of sp³-hybridized carbons (Fsp3) is 0.348. The Morgan fingerprint density at radius 2 is 1.23 bits per heavy atom. The Hall–Kier alpha value is -2.86. The number of hydrogen-bond donors (Lipinski definition) is 2. The number of imidazole rings is 1. The van der Waals surface area contributed by atoms with Crippen LogP contribution < -0.4 is 0 Å². The third kappa shape index (κ3) is 3.79. The fourth-order valence-electron chi connectivity index (χ4n) is 4.32. The van der Waals surface area contributed by atoms with Gasteiger partial charge in [0.25, 0.3) is 0 Å². The van der Waals surface area contributed by atoms with Crippen molar-refractivity contribution >= 4 is 29.7 Å². The van der Waals surface area contributed by atoms with Gasteiger partial charge in [0.2, 0.25) is 0 Å². The molecule has 0 saturated carbocycles. The highest BCUT2D eigenvalue weighted by atomic mass is 35.5. The molecule has 156 valence electrons. The third-order valence-corrected chi connectivity index (χ3v) is 6.02. The van der Waals surface area contributed by atoms with Gasteiger partial charge in [0.1, 0.15) is 17.3 Å². The monoisotopic (exact) mass is 422 g/mol. The van der Waals surface area contributed by atoms with Crippen LogP contribution in [0, 0.1) is 10.8 Å². The molecule has 2 fully saturated rings. The Morgan fingerprint density at radius 1 is 0.700 bits per heavy atom. The van der Waals surface area contributed by atoms with Crippen molar-refractivity contribution in [2.45, 2.75) is 25.7 Å². The standard InChI is InChI=1S/C23H26N6.ClH/c24-22(27-11-1-2-12-27)18-7-5-17(6-8-18)20-16-29-15-19(9-10-21(29)26-20)23(25)28-13-3-4-14-28;/h5-10,15-16,24-25H,1-4,11-14H2;1H. The average molecular weight is 423 g/mol. The third-order valence-electron chi connectivity index (χ3n) is 6.02. The van der Waals surface area contributed by atoms with Gasteiger partial charge in [-0.3, -0.25) is 10.8 Å². The van der Waals surface area contributed by atoms with Gasteiger partial charge in [0.05, 0.1) is 5.69 Å². The van der Waals surface area contributed by atoms with E-state index in [4.69, 9.17) is 15.8 Å². The van der Waals surface area contributed by atoms with Gasteiger partial charge in [-0.05, 0) is 37.8 Å². The summed E-state index contributed by atoms with van der Waals surface area (Å²) in [6, 6.07) is 12.1. The van der Waals surface area contributed by atoms with Crippen LogP contribution in [0.15, 0.2) is 48.8 Å². The first-order valence-electron chi connectivity index (χ1n) is 10.5. The molecular weight excluding hydrogens is 396 g/mol. The van der Waals surface area contributed by atoms with Crippen LogP contribution in [-0.2, 0) is 0 Å². The van der Waals surface area contributed by atoms with E-state index in [9.17, 15) is 0 Å². The number of pyridine rings is 1. The number of rotatable bonds is 3. The Labute approximate surface area is 183 Å². The van der Waals surface area contributed by atoms with Crippen molar-refractivity contribution in [3.8, 4) is 11.3 Å². The predicted octanol–water partition coefficient (Wildman–Crippen LogP) is 4.27. The van der Waals surface area contributed by atoms with Crippen molar-refractivity contribution in [2.75, 3.05) is 26.2 Å². The molecule has 2 aliphatic rings. The maximum Gasteiger partial charge on any atom is 0.137 e. The summed E-state index contributed by atoms with van der Waals surface area (Å²) in [6.45, 7) is 3.93. The van der Waals surface area contributed by atoms with Crippen molar-refractivity contribution in [1.29, 1.82) is 10.8 Å². The van der Waals surface area contributed by atoms with Crippen molar-refractivity contribution in [2.24, 2.45) is 0 Å². The minimum Gasteiger partial charge on any atom is -0.357 e. The maximum atomic E-state index is 8.48. The zero-order valence-electron chi connectivity index (χ0n) is 17.0. The fourth-order valence-corrected chi connectivity index (χ4v) is 4.32. The Kier molecular flexibility index (Phi) is 5.77. The molecule has 0 radical (unpaired) electrons. The predicted molar refractivity (Wildman–Crippen MR) is 123 cm³/mol. The van der Waals surface area contributed by atoms with Gasteiger partial charge in [0.15, 0.2) is 0 Å². The van der Waals surface area contributed by atoms with Crippen molar-refractivity contribution in [3.63, 3.8) is 0 Å². The van der Waals surface area contributed by atoms with E-state index in [0.717, 1.165) is 54.2 Å². The molecule has 2 aliphatic heterocycles. The van der Waals surface area contributed by atoms with Crippen molar-refractivity contribution in [3.05, 3.63) is 59.9 Å². The lowest BCUT2D eigenvalue weighted by Gasteiger charge is -2.18. The lowest BCUT2D eigenvalue weighted by atomic mass is 10.1. The van der Waals surface area contributed by atoms with E-state index in [-0.39, 0.29) is 12.4 Å². The van der Waals surface area contributed by atoms with Gasteiger partial charge >= 0.3 is 0 Å². The molecule has 2 N–H and O–H groups in total. The minimum atomic E-state index is 0. The molecule has 30 heavy (non-hydrogen) atoms. The van der Waals surface area contributed by atoms with Crippen LogP contribution in [0.25, 0.3) is 16.9 Å². The van der Waals surface area contributed by atoms with E-state index in [1.807, 2.05) is 41.1 Å². The summed E-state index contributed by atoms with van der Waals surface area (Å²) >= 11 is 0. The van der Waals surface area contributed by atoms with E-state index in [0.29, 0.717) is 11.7 Å². The molecule has 5 rings (SSSR count). The summed E-state index contributed by atoms with van der Waals surface area (Å²) < 4.78 is 2.01. The number of benzene rings is 1. The van der Waals surface area contributed by atoms with E-state index in [1.165, 1.54) is 25.7 Å². The molecular formula is C23H27ClN6. The van der Waals surface area contributed by atoms with Crippen LogP contribution in [-0.4, -0.2) is 57.0 Å². The molecule has 0 aliphatic carbocycles. The molecule has 0 amide bonds. The van der Waals surface area contributed by atoms with Gasteiger partial charge in [-0.1, -0.05) is 24.3 Å². The molecule has 0 unspecified atom stereocenters. The molecule has 4 heterocycles. The summed E-state index contributed by atoms with van der Waals surface area (Å²) in [7, 11) is 0. The van der Waals surface area contributed by atoms with Gasteiger partial charge in [-0.25, -0.2) is 4.98 Å². The van der Waals surface area contributed by atoms with Crippen LogP contribution >= 0.6 is 12.4 Å². The molecule has 0 spiro atoms. The van der Waals surface area contributed by atoms with Gasteiger partial charge in [-0.15, -0.1) is 12.4 Å². The number of nitrogens with zero attached hydrogens (tertiary/aromatic N) is 4. The number of fused-ring (bicyclic) bond motifs is 1. The summed E-state index contributed by atoms with van der Waals surface area (Å²) in [5.74, 6) is 1.22. The summed E-state index contributed by atoms with van der Waals surface area (Å²) in [5.41, 5.74) is 4.72. The van der Waals surface area contributed by atoms with Crippen LogP contribution in [0.5, 0.6) is 0 Å². The SMILES string of the molecule is Cl.N=C(c1ccc(-c2cn3cc(C(=N)N4CCCC4)ccc3n2)cc1)N1CCCC1. The minimum absolute atomic E-state index is 0. The Morgan fingerprint density at radius 3 is 1.83 bits per heavy atom. The molecule has 0 atom stereocenters. The summed E-state index contributed by atoms with van der Waals surface area (Å²) in [6.07, 6.45) is 8.73. The molecule has 2 aromatic heterocycles. The average Bonchev–Trinajstić information content (AvgIpc) is 3.53. The summed E-state index contributed by atoms with van der Waals surface area (Å²) in [5, 5.41) is 16.9.